The minimum Gasteiger partial charge on any atom is -0.463 e. The zero-order valence-corrected chi connectivity index (χ0v) is 13.2. The van der Waals surface area contributed by atoms with Gasteiger partial charge in [-0.3, -0.25) is 0 Å². The van der Waals surface area contributed by atoms with Crippen LogP contribution in [0.15, 0.2) is 34.9 Å². The van der Waals surface area contributed by atoms with Crippen molar-refractivity contribution in [3.05, 3.63) is 34.9 Å². The van der Waals surface area contributed by atoms with E-state index < -0.39 is 0 Å². The Balaban J connectivity index is 2.92. The van der Waals surface area contributed by atoms with E-state index >= 15 is 0 Å². The predicted octanol–water partition coefficient (Wildman–Crippen LogP) is 3.55. The van der Waals surface area contributed by atoms with E-state index in [9.17, 15) is 9.90 Å². The van der Waals surface area contributed by atoms with Gasteiger partial charge >= 0.3 is 5.97 Å². The highest BCUT2D eigenvalue weighted by atomic mass is 16.5. The molecule has 0 aromatic rings. The van der Waals surface area contributed by atoms with Gasteiger partial charge in [-0.05, 0) is 55.7 Å². The van der Waals surface area contributed by atoms with Crippen LogP contribution in [-0.2, 0) is 9.53 Å². The van der Waals surface area contributed by atoms with Crippen molar-refractivity contribution in [3.8, 4) is 0 Å². The fourth-order valence-corrected chi connectivity index (χ4v) is 2.55. The number of carbonyl (C=O) groups is 1. The number of allylic oxidation sites excluding steroid dienone is 4. The molecule has 1 N–H and O–H groups in total. The van der Waals surface area contributed by atoms with Crippen molar-refractivity contribution in [1.82, 2.24) is 0 Å². The first-order valence-electron chi connectivity index (χ1n) is 7.20. The number of aliphatic hydroxyl groups excluding tert-OH is 1. The van der Waals surface area contributed by atoms with Gasteiger partial charge in [0.15, 0.2) is 0 Å². The van der Waals surface area contributed by atoms with Crippen molar-refractivity contribution in [1.29, 1.82) is 0 Å². The molecule has 0 aromatic heterocycles. The average molecular weight is 278 g/mol. The summed E-state index contributed by atoms with van der Waals surface area (Å²) in [6.07, 6.45) is 6.84. The second kappa shape index (κ2) is 6.89. The Kier molecular flexibility index (Phi) is 5.75. The molecule has 0 aromatic carbocycles. The number of carbonyl (C=O) groups excluding carboxylic acids is 1. The lowest BCUT2D eigenvalue weighted by Crippen LogP contribution is -2.27. The van der Waals surface area contributed by atoms with Gasteiger partial charge in [0, 0.05) is 6.08 Å². The number of esters is 1. The van der Waals surface area contributed by atoms with Crippen LogP contribution >= 0.6 is 0 Å². The first kappa shape index (κ1) is 16.7. The summed E-state index contributed by atoms with van der Waals surface area (Å²) in [5, 5.41) is 9.98. The van der Waals surface area contributed by atoms with Gasteiger partial charge in [0.1, 0.15) is 0 Å². The molecule has 0 fully saturated rings. The molecular weight excluding hydrogens is 252 g/mol. The second-order valence-corrected chi connectivity index (χ2v) is 6.01. The van der Waals surface area contributed by atoms with Gasteiger partial charge in [0.25, 0.3) is 0 Å². The Morgan fingerprint density at radius 2 is 2.15 bits per heavy atom. The Morgan fingerprint density at radius 3 is 2.75 bits per heavy atom. The molecule has 0 amide bonds. The van der Waals surface area contributed by atoms with Gasteiger partial charge in [0.05, 0.1) is 12.7 Å². The van der Waals surface area contributed by atoms with Gasteiger partial charge in [-0.15, -0.1) is 0 Å². The monoisotopic (exact) mass is 278 g/mol. The maximum atomic E-state index is 11.4. The molecule has 1 atom stereocenters. The van der Waals surface area contributed by atoms with Gasteiger partial charge in [-0.2, -0.15) is 0 Å². The first-order valence-corrected chi connectivity index (χ1v) is 7.20. The number of hydrogen-bond donors (Lipinski definition) is 1. The summed E-state index contributed by atoms with van der Waals surface area (Å²) in [5.74, 6) is -0.316. The molecule has 1 aliphatic carbocycles. The molecule has 0 bridgehead atoms. The molecule has 20 heavy (non-hydrogen) atoms. The van der Waals surface area contributed by atoms with Crippen LogP contribution in [0.25, 0.3) is 0 Å². The molecule has 0 radical (unpaired) electrons. The molecule has 0 heterocycles. The van der Waals surface area contributed by atoms with Crippen LogP contribution in [0.5, 0.6) is 0 Å². The van der Waals surface area contributed by atoms with Crippen LogP contribution in [0.1, 0.15) is 47.5 Å². The number of ether oxygens (including phenoxy) is 1. The maximum Gasteiger partial charge on any atom is 0.330 e. The number of hydrogen-bond acceptors (Lipinski definition) is 3. The highest BCUT2D eigenvalue weighted by Crippen LogP contribution is 2.40. The molecule has 3 nitrogen and oxygen atoms in total. The third kappa shape index (κ3) is 4.34. The highest BCUT2D eigenvalue weighted by Gasteiger charge is 2.30. The minimum absolute atomic E-state index is 0.0595. The van der Waals surface area contributed by atoms with Crippen molar-refractivity contribution in [3.63, 3.8) is 0 Å². The van der Waals surface area contributed by atoms with E-state index in [4.69, 9.17) is 4.74 Å². The van der Waals surface area contributed by atoms with Crippen molar-refractivity contribution in [2.75, 3.05) is 6.61 Å². The van der Waals surface area contributed by atoms with Crippen LogP contribution in [-0.4, -0.2) is 23.8 Å². The molecule has 0 spiro atoms. The largest absolute Gasteiger partial charge is 0.463 e. The second-order valence-electron chi connectivity index (χ2n) is 6.01. The van der Waals surface area contributed by atoms with Crippen molar-refractivity contribution in [2.45, 2.75) is 53.6 Å². The topological polar surface area (TPSA) is 46.5 Å². The highest BCUT2D eigenvalue weighted by molar-refractivity contribution is 5.83. The Bertz CT molecular complexity index is 453. The van der Waals surface area contributed by atoms with E-state index in [1.165, 1.54) is 6.08 Å². The van der Waals surface area contributed by atoms with Crippen LogP contribution in [0.3, 0.4) is 0 Å². The molecule has 1 rings (SSSR count). The third-order valence-electron chi connectivity index (χ3n) is 3.84. The summed E-state index contributed by atoms with van der Waals surface area (Å²) in [4.78, 5) is 11.4. The van der Waals surface area contributed by atoms with E-state index in [1.54, 1.807) is 6.92 Å². The van der Waals surface area contributed by atoms with Crippen LogP contribution in [0.2, 0.25) is 0 Å². The number of rotatable bonds is 4. The smallest absolute Gasteiger partial charge is 0.330 e. The van der Waals surface area contributed by atoms with Crippen LogP contribution < -0.4 is 0 Å². The lowest BCUT2D eigenvalue weighted by atomic mass is 9.71. The predicted molar refractivity (Wildman–Crippen MR) is 81.3 cm³/mol. The summed E-state index contributed by atoms with van der Waals surface area (Å²) >= 11 is 0. The van der Waals surface area contributed by atoms with Crippen molar-refractivity contribution in [2.24, 2.45) is 5.41 Å². The number of aliphatic hydroxyl groups is 1. The third-order valence-corrected chi connectivity index (χ3v) is 3.84. The Morgan fingerprint density at radius 1 is 1.50 bits per heavy atom. The lowest BCUT2D eigenvalue weighted by Gasteiger charge is -2.35. The zero-order valence-electron chi connectivity index (χ0n) is 13.2. The van der Waals surface area contributed by atoms with Gasteiger partial charge in [0.2, 0.25) is 0 Å². The van der Waals surface area contributed by atoms with E-state index in [1.807, 2.05) is 26.0 Å². The SMILES string of the molecule is CCOC(=O)/C=C(C)/C=C/C1=C(C)C(O)CCC1(C)C. The van der Waals surface area contributed by atoms with Crippen molar-refractivity contribution >= 4 is 5.97 Å². The van der Waals surface area contributed by atoms with Crippen LogP contribution in [0.4, 0.5) is 0 Å². The molecule has 112 valence electrons. The van der Waals surface area contributed by atoms with E-state index in [2.05, 4.69) is 13.8 Å². The summed E-state index contributed by atoms with van der Waals surface area (Å²) in [7, 11) is 0. The molecule has 0 saturated carbocycles. The standard InChI is InChI=1S/C17H26O3/c1-6-20-16(19)11-12(2)7-8-14-13(3)15(18)9-10-17(14,4)5/h7-8,11,15,18H,6,9-10H2,1-5H3/b8-7+,12-11+. The summed E-state index contributed by atoms with van der Waals surface area (Å²) in [6.45, 7) is 10.4. The van der Waals surface area contributed by atoms with E-state index in [0.717, 1.165) is 29.6 Å². The molecule has 1 aliphatic rings. The normalized spacial score (nSPS) is 23.3. The van der Waals surface area contributed by atoms with Gasteiger partial charge in [-0.1, -0.05) is 26.0 Å². The fourth-order valence-electron chi connectivity index (χ4n) is 2.55. The fraction of sp³-hybridized carbons (Fsp3) is 0.588. The summed E-state index contributed by atoms with van der Waals surface area (Å²) < 4.78 is 4.88. The lowest BCUT2D eigenvalue weighted by molar-refractivity contribution is -0.137. The summed E-state index contributed by atoms with van der Waals surface area (Å²) in [5.41, 5.74) is 3.10. The maximum absolute atomic E-state index is 11.4. The minimum atomic E-state index is -0.350. The van der Waals surface area contributed by atoms with Crippen LogP contribution in [0, 0.1) is 5.41 Å². The molecule has 0 saturated heterocycles. The zero-order chi connectivity index (χ0) is 15.3. The van der Waals surface area contributed by atoms with Crippen molar-refractivity contribution < 1.29 is 14.6 Å². The average Bonchev–Trinajstić information content (AvgIpc) is 2.34. The van der Waals surface area contributed by atoms with Gasteiger partial charge < -0.3 is 9.84 Å². The molecule has 3 heteroatoms. The first-order chi connectivity index (χ1) is 9.27. The Hall–Kier alpha value is -1.35. The molecule has 0 aliphatic heterocycles. The van der Waals surface area contributed by atoms with E-state index in [-0.39, 0.29) is 17.5 Å². The Labute approximate surface area is 122 Å². The van der Waals surface area contributed by atoms with Gasteiger partial charge in [-0.25, -0.2) is 4.79 Å². The summed E-state index contributed by atoms with van der Waals surface area (Å²) in [6, 6.07) is 0. The quantitative estimate of drug-likeness (QED) is 0.486. The van der Waals surface area contributed by atoms with E-state index in [0.29, 0.717) is 6.61 Å². The molecule has 1 unspecified atom stereocenters. The molecular formula is C17H26O3.